The van der Waals surface area contributed by atoms with E-state index in [0.29, 0.717) is 5.02 Å². The molecule has 1 rings (SSSR count). The SMILES string of the molecule is CCc1cc(Br)cc(Cl)c1OC. The third-order valence-electron chi connectivity index (χ3n) is 1.67. The third-order valence-corrected chi connectivity index (χ3v) is 2.41. The molecule has 3 heteroatoms. The van der Waals surface area contributed by atoms with Crippen LogP contribution in [0.25, 0.3) is 0 Å². The average molecular weight is 250 g/mol. The lowest BCUT2D eigenvalue weighted by Gasteiger charge is -2.08. The Hall–Kier alpha value is -0.210. The largest absolute Gasteiger partial charge is 0.495 e. The quantitative estimate of drug-likeness (QED) is 0.777. The smallest absolute Gasteiger partial charge is 0.140 e. The molecule has 0 aromatic heterocycles. The Kier molecular flexibility index (Phi) is 3.41. The monoisotopic (exact) mass is 248 g/mol. The number of ether oxygens (including phenoxy) is 1. The molecule has 0 heterocycles. The van der Waals surface area contributed by atoms with Crippen molar-refractivity contribution in [2.45, 2.75) is 13.3 Å². The van der Waals surface area contributed by atoms with Gasteiger partial charge in [0.25, 0.3) is 0 Å². The van der Waals surface area contributed by atoms with Crippen molar-refractivity contribution in [2.75, 3.05) is 7.11 Å². The van der Waals surface area contributed by atoms with Gasteiger partial charge in [-0.05, 0) is 24.1 Å². The Balaban J connectivity index is 3.24. The maximum absolute atomic E-state index is 5.96. The van der Waals surface area contributed by atoms with Gasteiger partial charge in [0.1, 0.15) is 5.75 Å². The van der Waals surface area contributed by atoms with Crippen LogP contribution in [-0.4, -0.2) is 7.11 Å². The fourth-order valence-electron chi connectivity index (χ4n) is 1.10. The lowest BCUT2D eigenvalue weighted by Crippen LogP contribution is -1.91. The van der Waals surface area contributed by atoms with Crippen LogP contribution in [-0.2, 0) is 6.42 Å². The summed E-state index contributed by atoms with van der Waals surface area (Å²) in [6.07, 6.45) is 0.919. The molecular weight excluding hydrogens is 239 g/mol. The topological polar surface area (TPSA) is 9.23 Å². The maximum Gasteiger partial charge on any atom is 0.140 e. The van der Waals surface area contributed by atoms with E-state index in [1.165, 1.54) is 0 Å². The average Bonchev–Trinajstić information content (AvgIpc) is 2.03. The Labute approximate surface area is 85.8 Å². The third kappa shape index (κ3) is 1.93. The molecule has 0 saturated carbocycles. The lowest BCUT2D eigenvalue weighted by atomic mass is 10.1. The Bertz CT molecular complexity index is 286. The molecule has 0 atom stereocenters. The predicted octanol–water partition coefficient (Wildman–Crippen LogP) is 3.67. The molecule has 0 amide bonds. The summed E-state index contributed by atoms with van der Waals surface area (Å²) in [4.78, 5) is 0. The molecule has 0 aliphatic heterocycles. The first-order valence-corrected chi connectivity index (χ1v) is 4.88. The highest BCUT2D eigenvalue weighted by Crippen LogP contribution is 2.32. The summed E-state index contributed by atoms with van der Waals surface area (Å²) in [5.41, 5.74) is 1.12. The number of aryl methyl sites for hydroxylation is 1. The van der Waals surface area contributed by atoms with Crippen molar-refractivity contribution in [3.63, 3.8) is 0 Å². The highest BCUT2D eigenvalue weighted by atomic mass is 79.9. The standard InChI is InChI=1S/C9H10BrClO/c1-3-6-4-7(10)5-8(11)9(6)12-2/h4-5H,3H2,1-2H3. The van der Waals surface area contributed by atoms with Crippen LogP contribution in [0.3, 0.4) is 0 Å². The normalized spacial score (nSPS) is 10.0. The first-order chi connectivity index (χ1) is 5.69. The summed E-state index contributed by atoms with van der Waals surface area (Å²) in [6, 6.07) is 3.85. The molecule has 1 nitrogen and oxygen atoms in total. The number of hydrogen-bond acceptors (Lipinski definition) is 1. The molecule has 1 aromatic carbocycles. The zero-order valence-electron chi connectivity index (χ0n) is 7.03. The summed E-state index contributed by atoms with van der Waals surface area (Å²) >= 11 is 9.34. The molecule has 0 aliphatic carbocycles. The molecule has 1 aromatic rings. The molecule has 0 bridgehead atoms. The van der Waals surface area contributed by atoms with Crippen LogP contribution in [0.5, 0.6) is 5.75 Å². The molecule has 0 unspecified atom stereocenters. The Morgan fingerprint density at radius 2 is 2.17 bits per heavy atom. The van der Waals surface area contributed by atoms with E-state index in [0.717, 1.165) is 22.2 Å². The number of benzene rings is 1. The van der Waals surface area contributed by atoms with Crippen molar-refractivity contribution in [1.29, 1.82) is 0 Å². The maximum atomic E-state index is 5.96. The van der Waals surface area contributed by atoms with Crippen molar-refractivity contribution in [1.82, 2.24) is 0 Å². The van der Waals surface area contributed by atoms with Crippen molar-refractivity contribution in [3.8, 4) is 5.75 Å². The zero-order chi connectivity index (χ0) is 9.14. The molecule has 0 aliphatic rings. The van der Waals surface area contributed by atoms with Gasteiger partial charge in [0.15, 0.2) is 0 Å². The minimum absolute atomic E-state index is 0.656. The van der Waals surface area contributed by atoms with Crippen molar-refractivity contribution >= 4 is 27.5 Å². The van der Waals surface area contributed by atoms with E-state index >= 15 is 0 Å². The fourth-order valence-corrected chi connectivity index (χ4v) is 2.06. The number of hydrogen-bond donors (Lipinski definition) is 0. The van der Waals surface area contributed by atoms with Crippen LogP contribution in [0.2, 0.25) is 5.02 Å². The summed E-state index contributed by atoms with van der Waals surface area (Å²) in [5, 5.41) is 0.656. The first-order valence-electron chi connectivity index (χ1n) is 3.71. The van der Waals surface area contributed by atoms with E-state index in [2.05, 4.69) is 22.9 Å². The molecule has 0 saturated heterocycles. The highest BCUT2D eigenvalue weighted by molar-refractivity contribution is 9.10. The minimum atomic E-state index is 0.656. The van der Waals surface area contributed by atoms with Gasteiger partial charge in [0.05, 0.1) is 12.1 Å². The van der Waals surface area contributed by atoms with Gasteiger partial charge in [-0.1, -0.05) is 34.5 Å². The van der Waals surface area contributed by atoms with E-state index in [9.17, 15) is 0 Å². The Morgan fingerprint density at radius 3 is 2.67 bits per heavy atom. The summed E-state index contributed by atoms with van der Waals surface area (Å²) in [7, 11) is 1.63. The molecule has 0 fully saturated rings. The number of halogens is 2. The second-order valence-electron chi connectivity index (χ2n) is 2.43. The van der Waals surface area contributed by atoms with E-state index < -0.39 is 0 Å². The van der Waals surface area contributed by atoms with Gasteiger partial charge in [0, 0.05) is 4.47 Å². The van der Waals surface area contributed by atoms with Gasteiger partial charge in [-0.15, -0.1) is 0 Å². The number of rotatable bonds is 2. The van der Waals surface area contributed by atoms with Crippen molar-refractivity contribution in [3.05, 3.63) is 27.2 Å². The van der Waals surface area contributed by atoms with Gasteiger partial charge in [-0.25, -0.2) is 0 Å². The lowest BCUT2D eigenvalue weighted by molar-refractivity contribution is 0.410. The van der Waals surface area contributed by atoms with Gasteiger partial charge in [-0.2, -0.15) is 0 Å². The molecular formula is C9H10BrClO. The summed E-state index contributed by atoms with van der Waals surface area (Å²) in [6.45, 7) is 2.07. The van der Waals surface area contributed by atoms with Crippen LogP contribution >= 0.6 is 27.5 Å². The van der Waals surface area contributed by atoms with Gasteiger partial charge < -0.3 is 4.74 Å². The molecule has 66 valence electrons. The van der Waals surface area contributed by atoms with Gasteiger partial charge in [-0.3, -0.25) is 0 Å². The van der Waals surface area contributed by atoms with Gasteiger partial charge >= 0.3 is 0 Å². The molecule has 0 spiro atoms. The molecule has 0 radical (unpaired) electrons. The van der Waals surface area contributed by atoms with E-state index in [1.807, 2.05) is 12.1 Å². The van der Waals surface area contributed by atoms with E-state index in [4.69, 9.17) is 16.3 Å². The number of methoxy groups -OCH3 is 1. The first kappa shape index (κ1) is 9.87. The highest BCUT2D eigenvalue weighted by Gasteiger charge is 2.06. The summed E-state index contributed by atoms with van der Waals surface area (Å²) < 4.78 is 6.16. The Morgan fingerprint density at radius 1 is 1.50 bits per heavy atom. The van der Waals surface area contributed by atoms with Crippen molar-refractivity contribution in [2.24, 2.45) is 0 Å². The minimum Gasteiger partial charge on any atom is -0.495 e. The summed E-state index contributed by atoms with van der Waals surface area (Å²) in [5.74, 6) is 0.780. The van der Waals surface area contributed by atoms with Crippen LogP contribution in [0, 0.1) is 0 Å². The van der Waals surface area contributed by atoms with E-state index in [1.54, 1.807) is 7.11 Å². The van der Waals surface area contributed by atoms with E-state index in [-0.39, 0.29) is 0 Å². The van der Waals surface area contributed by atoms with Crippen LogP contribution < -0.4 is 4.74 Å². The van der Waals surface area contributed by atoms with Crippen LogP contribution in [0.1, 0.15) is 12.5 Å². The van der Waals surface area contributed by atoms with Gasteiger partial charge in [0.2, 0.25) is 0 Å². The molecule has 12 heavy (non-hydrogen) atoms. The van der Waals surface area contributed by atoms with Crippen LogP contribution in [0.4, 0.5) is 0 Å². The fraction of sp³-hybridized carbons (Fsp3) is 0.333. The van der Waals surface area contributed by atoms with Crippen LogP contribution in [0.15, 0.2) is 16.6 Å². The van der Waals surface area contributed by atoms with Crippen molar-refractivity contribution < 1.29 is 4.74 Å². The second-order valence-corrected chi connectivity index (χ2v) is 3.76. The zero-order valence-corrected chi connectivity index (χ0v) is 9.37. The molecule has 0 N–H and O–H groups in total. The predicted molar refractivity (Wildman–Crippen MR) is 55.1 cm³/mol. The second kappa shape index (κ2) is 4.15.